The Morgan fingerprint density at radius 1 is 1.08 bits per heavy atom. The van der Waals surface area contributed by atoms with Crippen molar-refractivity contribution < 1.29 is 18.7 Å². The molecule has 2 heterocycles. The fourth-order valence-corrected chi connectivity index (χ4v) is 4.07. The molecule has 0 unspecified atom stereocenters. The molecule has 37 heavy (non-hydrogen) atoms. The second-order valence-electron chi connectivity index (χ2n) is 9.17. The molecule has 2 aromatic carbocycles. The SMILES string of the molecule is C[C@@H](NC(=O)C1(C(=O)Nc2ccc(Oc3ccnc(-c4cnn(C)c4)c3)c(F)c2)CC1)c1ccccc1. The highest BCUT2D eigenvalue weighted by Crippen LogP contribution is 2.47. The number of benzene rings is 2. The zero-order valence-corrected chi connectivity index (χ0v) is 20.4. The predicted octanol–water partition coefficient (Wildman–Crippen LogP) is 5.01. The number of nitrogens with one attached hydrogen (secondary N) is 2. The Morgan fingerprint density at radius 3 is 2.54 bits per heavy atom. The molecule has 5 rings (SSSR count). The Hall–Kier alpha value is -4.53. The Morgan fingerprint density at radius 2 is 1.86 bits per heavy atom. The van der Waals surface area contributed by atoms with Gasteiger partial charge in [0.2, 0.25) is 11.8 Å². The van der Waals surface area contributed by atoms with Crippen LogP contribution in [0.5, 0.6) is 11.5 Å². The van der Waals surface area contributed by atoms with E-state index < -0.39 is 17.1 Å². The molecule has 2 amide bonds. The van der Waals surface area contributed by atoms with Crippen molar-refractivity contribution in [2.45, 2.75) is 25.8 Å². The van der Waals surface area contributed by atoms with Gasteiger partial charge in [0.05, 0.1) is 17.9 Å². The number of rotatable bonds is 8. The molecule has 2 N–H and O–H groups in total. The molecule has 4 aromatic rings. The van der Waals surface area contributed by atoms with E-state index in [1.54, 1.807) is 35.3 Å². The van der Waals surface area contributed by atoms with E-state index in [0.717, 1.165) is 11.1 Å². The van der Waals surface area contributed by atoms with Gasteiger partial charge in [0, 0.05) is 42.8 Å². The summed E-state index contributed by atoms with van der Waals surface area (Å²) in [6.45, 7) is 1.87. The van der Waals surface area contributed by atoms with Crippen molar-refractivity contribution in [3.05, 3.63) is 90.6 Å². The third-order valence-corrected chi connectivity index (χ3v) is 6.42. The van der Waals surface area contributed by atoms with Gasteiger partial charge in [0.1, 0.15) is 11.2 Å². The second kappa shape index (κ2) is 9.85. The quantitative estimate of drug-likeness (QED) is 0.332. The minimum absolute atomic E-state index is 0.00287. The average Bonchev–Trinajstić information content (AvgIpc) is 3.61. The third kappa shape index (κ3) is 5.20. The number of aryl methyl sites for hydroxylation is 1. The summed E-state index contributed by atoms with van der Waals surface area (Å²) in [5.41, 5.74) is 1.50. The Labute approximate surface area is 213 Å². The lowest BCUT2D eigenvalue weighted by Crippen LogP contribution is -2.41. The molecule has 0 aliphatic heterocycles. The fourth-order valence-electron chi connectivity index (χ4n) is 4.07. The molecule has 2 aromatic heterocycles. The first-order valence-electron chi connectivity index (χ1n) is 11.9. The number of carbonyl (C=O) groups excluding carboxylic acids is 2. The number of nitrogens with zero attached hydrogens (tertiary/aromatic N) is 3. The van der Waals surface area contributed by atoms with Crippen molar-refractivity contribution in [1.29, 1.82) is 0 Å². The number of hydrogen-bond acceptors (Lipinski definition) is 5. The highest BCUT2D eigenvalue weighted by Gasteiger charge is 2.56. The Balaban J connectivity index is 1.24. The molecule has 0 bridgehead atoms. The molecule has 1 fully saturated rings. The van der Waals surface area contributed by atoms with Crippen molar-refractivity contribution in [2.24, 2.45) is 12.5 Å². The summed E-state index contributed by atoms with van der Waals surface area (Å²) in [6.07, 6.45) is 5.95. The fraction of sp³-hybridized carbons (Fsp3) is 0.214. The highest BCUT2D eigenvalue weighted by atomic mass is 19.1. The maximum Gasteiger partial charge on any atom is 0.240 e. The topological polar surface area (TPSA) is 98.1 Å². The normalized spacial score (nSPS) is 14.5. The first-order chi connectivity index (χ1) is 17.8. The summed E-state index contributed by atoms with van der Waals surface area (Å²) >= 11 is 0. The van der Waals surface area contributed by atoms with Gasteiger partial charge in [-0.05, 0) is 43.5 Å². The van der Waals surface area contributed by atoms with Gasteiger partial charge in [-0.2, -0.15) is 5.10 Å². The molecule has 0 saturated heterocycles. The van der Waals surface area contributed by atoms with Crippen molar-refractivity contribution in [3.63, 3.8) is 0 Å². The molecule has 1 saturated carbocycles. The van der Waals surface area contributed by atoms with E-state index in [1.807, 2.05) is 50.5 Å². The second-order valence-corrected chi connectivity index (χ2v) is 9.17. The van der Waals surface area contributed by atoms with Crippen molar-refractivity contribution >= 4 is 17.5 Å². The molecular formula is C28H26FN5O3. The number of anilines is 1. The van der Waals surface area contributed by atoms with Gasteiger partial charge in [0.25, 0.3) is 0 Å². The lowest BCUT2D eigenvalue weighted by Gasteiger charge is -2.20. The van der Waals surface area contributed by atoms with Gasteiger partial charge in [0.15, 0.2) is 11.6 Å². The number of aromatic nitrogens is 3. The van der Waals surface area contributed by atoms with Crippen LogP contribution in [0.3, 0.4) is 0 Å². The van der Waals surface area contributed by atoms with Gasteiger partial charge in [-0.3, -0.25) is 19.3 Å². The van der Waals surface area contributed by atoms with Crippen LogP contribution in [0.4, 0.5) is 10.1 Å². The highest BCUT2D eigenvalue weighted by molar-refractivity contribution is 6.13. The minimum atomic E-state index is -1.14. The van der Waals surface area contributed by atoms with Crippen molar-refractivity contribution in [2.75, 3.05) is 5.32 Å². The summed E-state index contributed by atoms with van der Waals surface area (Å²) < 4.78 is 22.2. The van der Waals surface area contributed by atoms with E-state index >= 15 is 0 Å². The van der Waals surface area contributed by atoms with Gasteiger partial charge in [-0.15, -0.1) is 0 Å². The van der Waals surface area contributed by atoms with Gasteiger partial charge in [-0.25, -0.2) is 4.39 Å². The predicted molar refractivity (Wildman–Crippen MR) is 136 cm³/mol. The largest absolute Gasteiger partial charge is 0.454 e. The maximum atomic E-state index is 14.9. The van der Waals surface area contributed by atoms with E-state index in [9.17, 15) is 14.0 Å². The molecule has 1 aliphatic rings. The Bertz CT molecular complexity index is 1450. The van der Waals surface area contributed by atoms with Crippen molar-refractivity contribution in [1.82, 2.24) is 20.1 Å². The van der Waals surface area contributed by atoms with E-state index in [2.05, 4.69) is 20.7 Å². The molecule has 0 spiro atoms. The van der Waals surface area contributed by atoms with Gasteiger partial charge < -0.3 is 15.4 Å². The molecule has 9 heteroatoms. The maximum absolute atomic E-state index is 14.9. The zero-order chi connectivity index (χ0) is 26.0. The molecule has 0 radical (unpaired) electrons. The number of carbonyl (C=O) groups is 2. The molecule has 1 atom stereocenters. The summed E-state index contributed by atoms with van der Waals surface area (Å²) in [7, 11) is 1.81. The summed E-state index contributed by atoms with van der Waals surface area (Å²) in [6, 6.07) is 16.8. The van der Waals surface area contributed by atoms with Crippen LogP contribution in [0.25, 0.3) is 11.3 Å². The van der Waals surface area contributed by atoms with Crippen LogP contribution in [0.2, 0.25) is 0 Å². The molecule has 188 valence electrons. The van der Waals surface area contributed by atoms with Crippen LogP contribution in [0.1, 0.15) is 31.4 Å². The van der Waals surface area contributed by atoms with Crippen LogP contribution in [0.15, 0.2) is 79.3 Å². The average molecular weight is 500 g/mol. The standard InChI is InChI=1S/C28H26FN5O3/c1-18(19-6-4-3-5-7-19)32-26(35)28(11-12-28)27(36)33-21-8-9-25(23(29)14-21)37-22-10-13-30-24(15-22)20-16-31-34(2)17-20/h3-10,13-18H,11-12H2,1-2H3,(H,32,35)(H,33,36)/t18-/m1/s1. The van der Waals surface area contributed by atoms with E-state index in [-0.39, 0.29) is 23.4 Å². The first kappa shape index (κ1) is 24.2. The zero-order valence-electron chi connectivity index (χ0n) is 20.4. The summed E-state index contributed by atoms with van der Waals surface area (Å²) in [4.78, 5) is 30.2. The number of halogens is 1. The number of amides is 2. The van der Waals surface area contributed by atoms with Crippen LogP contribution in [-0.2, 0) is 16.6 Å². The number of ether oxygens (including phenoxy) is 1. The molecule has 8 nitrogen and oxygen atoms in total. The number of pyridine rings is 1. The number of hydrogen-bond donors (Lipinski definition) is 2. The first-order valence-corrected chi connectivity index (χ1v) is 11.9. The lowest BCUT2D eigenvalue weighted by atomic mass is 10.0. The molecule has 1 aliphatic carbocycles. The van der Waals surface area contributed by atoms with Crippen LogP contribution < -0.4 is 15.4 Å². The van der Waals surface area contributed by atoms with Crippen LogP contribution >= 0.6 is 0 Å². The van der Waals surface area contributed by atoms with Crippen LogP contribution in [0, 0.1) is 11.2 Å². The van der Waals surface area contributed by atoms with Crippen LogP contribution in [-0.4, -0.2) is 26.6 Å². The minimum Gasteiger partial charge on any atom is -0.454 e. The van der Waals surface area contributed by atoms with E-state index in [4.69, 9.17) is 4.74 Å². The van der Waals surface area contributed by atoms with Gasteiger partial charge >= 0.3 is 0 Å². The summed E-state index contributed by atoms with van der Waals surface area (Å²) in [5, 5.41) is 9.75. The van der Waals surface area contributed by atoms with Crippen molar-refractivity contribution in [3.8, 4) is 22.8 Å². The lowest BCUT2D eigenvalue weighted by molar-refractivity contribution is -0.134. The monoisotopic (exact) mass is 499 g/mol. The summed E-state index contributed by atoms with van der Waals surface area (Å²) in [5.74, 6) is -1.02. The molecular weight excluding hydrogens is 473 g/mol. The smallest absolute Gasteiger partial charge is 0.240 e. The third-order valence-electron chi connectivity index (χ3n) is 6.42. The van der Waals surface area contributed by atoms with Gasteiger partial charge in [-0.1, -0.05) is 30.3 Å². The van der Waals surface area contributed by atoms with E-state index in [0.29, 0.717) is 24.3 Å². The Kier molecular flexibility index (Phi) is 6.43. The van der Waals surface area contributed by atoms with E-state index in [1.165, 1.54) is 12.1 Å².